The summed E-state index contributed by atoms with van der Waals surface area (Å²) in [6.45, 7) is 11.9. The highest BCUT2D eigenvalue weighted by molar-refractivity contribution is 5.76. The molecule has 1 N–H and O–H groups in total. The van der Waals surface area contributed by atoms with Gasteiger partial charge in [0.1, 0.15) is 0 Å². The fourth-order valence-electron chi connectivity index (χ4n) is 9.22. The third-order valence-electron chi connectivity index (χ3n) is 10.6. The SMILES string of the molecule is CC(C)NC(=O)CC[C@@H](C)[C@H]1CC[C@H]2[C@@H]3CCC4CCCC[C@]4(C)[C@H]3CC[C@]12C. The van der Waals surface area contributed by atoms with Gasteiger partial charge in [-0.15, -0.1) is 0 Å². The summed E-state index contributed by atoms with van der Waals surface area (Å²) in [7, 11) is 0. The lowest BCUT2D eigenvalue weighted by Crippen LogP contribution is -2.53. The Bertz CT molecular complexity index is 599. The van der Waals surface area contributed by atoms with Crippen LogP contribution in [0.25, 0.3) is 0 Å². The fourth-order valence-corrected chi connectivity index (χ4v) is 9.22. The Morgan fingerprint density at radius 3 is 2.41 bits per heavy atom. The Hall–Kier alpha value is -0.530. The molecule has 4 aliphatic rings. The summed E-state index contributed by atoms with van der Waals surface area (Å²) < 4.78 is 0. The number of hydrogen-bond acceptors (Lipinski definition) is 1. The van der Waals surface area contributed by atoms with Gasteiger partial charge in [0, 0.05) is 12.5 Å². The van der Waals surface area contributed by atoms with Crippen molar-refractivity contribution >= 4 is 5.91 Å². The average molecular weight is 402 g/mol. The molecule has 0 radical (unpaired) electrons. The van der Waals surface area contributed by atoms with Crippen LogP contribution in [0.3, 0.4) is 0 Å². The van der Waals surface area contributed by atoms with Gasteiger partial charge in [-0.3, -0.25) is 4.79 Å². The third kappa shape index (κ3) is 3.80. The maximum Gasteiger partial charge on any atom is 0.220 e. The van der Waals surface area contributed by atoms with Crippen molar-refractivity contribution in [2.75, 3.05) is 0 Å². The number of carbonyl (C=O) groups is 1. The molecule has 0 saturated heterocycles. The smallest absolute Gasteiger partial charge is 0.220 e. The van der Waals surface area contributed by atoms with Crippen LogP contribution in [0.5, 0.6) is 0 Å². The van der Waals surface area contributed by atoms with Gasteiger partial charge in [0.05, 0.1) is 0 Å². The number of nitrogens with one attached hydrogen (secondary N) is 1. The van der Waals surface area contributed by atoms with Crippen LogP contribution < -0.4 is 5.32 Å². The molecule has 4 saturated carbocycles. The molecule has 2 nitrogen and oxygen atoms in total. The summed E-state index contributed by atoms with van der Waals surface area (Å²) >= 11 is 0. The number of amides is 1. The Balaban J connectivity index is 1.43. The van der Waals surface area contributed by atoms with Crippen LogP contribution in [-0.2, 0) is 4.79 Å². The van der Waals surface area contributed by atoms with E-state index in [9.17, 15) is 4.79 Å². The van der Waals surface area contributed by atoms with Crippen molar-refractivity contribution in [1.82, 2.24) is 5.32 Å². The quantitative estimate of drug-likeness (QED) is 0.529. The summed E-state index contributed by atoms with van der Waals surface area (Å²) in [5.41, 5.74) is 1.19. The van der Waals surface area contributed by atoms with E-state index in [2.05, 4.69) is 39.9 Å². The fraction of sp³-hybridized carbons (Fsp3) is 0.963. The molecule has 0 aliphatic heterocycles. The standard InChI is InChI=1S/C27H47NO/c1-18(2)28-25(29)14-9-19(3)22-12-13-23-21-11-10-20-8-6-7-16-26(20,4)24(21)15-17-27(22,23)5/h18-24H,6-17H2,1-5H3,(H,28,29)/t19-,20?,21+,22-,23+,24+,26+,27-/m1/s1. The lowest BCUT2D eigenvalue weighted by molar-refractivity contribution is -0.123. The molecular weight excluding hydrogens is 354 g/mol. The van der Waals surface area contributed by atoms with Crippen molar-refractivity contribution in [2.45, 2.75) is 118 Å². The molecular formula is C27H47NO. The minimum absolute atomic E-state index is 0.249. The molecule has 0 heterocycles. The van der Waals surface area contributed by atoms with Crippen LogP contribution in [0.15, 0.2) is 0 Å². The topological polar surface area (TPSA) is 29.1 Å². The van der Waals surface area contributed by atoms with Crippen molar-refractivity contribution in [3.8, 4) is 0 Å². The predicted molar refractivity (Wildman–Crippen MR) is 122 cm³/mol. The maximum atomic E-state index is 12.2. The molecule has 0 bridgehead atoms. The van der Waals surface area contributed by atoms with Crippen molar-refractivity contribution in [3.05, 3.63) is 0 Å². The van der Waals surface area contributed by atoms with Crippen LogP contribution in [0, 0.1) is 46.3 Å². The molecule has 4 fully saturated rings. The molecule has 2 heteroatoms. The first-order chi connectivity index (χ1) is 13.8. The summed E-state index contributed by atoms with van der Waals surface area (Å²) in [6, 6.07) is 0.262. The monoisotopic (exact) mass is 401 g/mol. The Labute approximate surface area is 180 Å². The van der Waals surface area contributed by atoms with E-state index in [1.165, 1.54) is 64.2 Å². The van der Waals surface area contributed by atoms with Crippen LogP contribution in [0.4, 0.5) is 0 Å². The van der Waals surface area contributed by atoms with Crippen LogP contribution in [0.1, 0.15) is 112 Å². The molecule has 8 atom stereocenters. The molecule has 166 valence electrons. The van der Waals surface area contributed by atoms with Crippen molar-refractivity contribution in [1.29, 1.82) is 0 Å². The van der Waals surface area contributed by atoms with Gasteiger partial charge in [0.15, 0.2) is 0 Å². The second-order valence-corrected chi connectivity index (χ2v) is 12.4. The van der Waals surface area contributed by atoms with E-state index in [1.54, 1.807) is 0 Å². The van der Waals surface area contributed by atoms with Crippen molar-refractivity contribution < 1.29 is 4.79 Å². The summed E-state index contributed by atoms with van der Waals surface area (Å²) in [6.07, 6.45) is 16.6. The van der Waals surface area contributed by atoms with Gasteiger partial charge in [-0.1, -0.05) is 33.6 Å². The molecule has 0 aromatic rings. The van der Waals surface area contributed by atoms with Gasteiger partial charge in [-0.05, 0) is 118 Å². The van der Waals surface area contributed by atoms with Crippen molar-refractivity contribution in [3.63, 3.8) is 0 Å². The lowest BCUT2D eigenvalue weighted by Gasteiger charge is -2.61. The molecule has 0 spiro atoms. The molecule has 1 amide bonds. The van der Waals surface area contributed by atoms with Gasteiger partial charge in [-0.25, -0.2) is 0 Å². The molecule has 0 aromatic heterocycles. The minimum Gasteiger partial charge on any atom is -0.354 e. The number of rotatable bonds is 5. The normalized spacial score (nSPS) is 45.2. The summed E-state index contributed by atoms with van der Waals surface area (Å²) in [5.74, 6) is 5.74. The summed E-state index contributed by atoms with van der Waals surface area (Å²) in [5, 5.41) is 3.08. The summed E-state index contributed by atoms with van der Waals surface area (Å²) in [4.78, 5) is 12.2. The molecule has 4 aliphatic carbocycles. The van der Waals surface area contributed by atoms with Gasteiger partial charge in [0.2, 0.25) is 5.91 Å². The van der Waals surface area contributed by atoms with Crippen molar-refractivity contribution in [2.24, 2.45) is 46.3 Å². The number of fused-ring (bicyclic) bond motifs is 5. The zero-order valence-electron chi connectivity index (χ0n) is 19.9. The molecule has 4 rings (SSSR count). The molecule has 29 heavy (non-hydrogen) atoms. The van der Waals surface area contributed by atoms with Crippen LogP contribution >= 0.6 is 0 Å². The number of carbonyl (C=O) groups excluding carboxylic acids is 1. The van der Waals surface area contributed by atoms with E-state index in [1.807, 2.05) is 0 Å². The largest absolute Gasteiger partial charge is 0.354 e. The van der Waals surface area contributed by atoms with E-state index in [0.29, 0.717) is 23.2 Å². The second-order valence-electron chi connectivity index (χ2n) is 12.4. The Morgan fingerprint density at radius 1 is 0.897 bits per heavy atom. The zero-order chi connectivity index (χ0) is 20.8. The van der Waals surface area contributed by atoms with E-state index in [4.69, 9.17) is 0 Å². The minimum atomic E-state index is 0.249. The van der Waals surface area contributed by atoms with Crippen LogP contribution in [-0.4, -0.2) is 11.9 Å². The highest BCUT2D eigenvalue weighted by atomic mass is 16.1. The predicted octanol–water partition coefficient (Wildman–Crippen LogP) is 6.98. The van der Waals surface area contributed by atoms with Crippen LogP contribution in [0.2, 0.25) is 0 Å². The Morgan fingerprint density at radius 2 is 1.66 bits per heavy atom. The van der Waals surface area contributed by atoms with Gasteiger partial charge >= 0.3 is 0 Å². The second kappa shape index (κ2) is 8.19. The first kappa shape index (κ1) is 21.7. The van der Waals surface area contributed by atoms with E-state index in [0.717, 1.165) is 36.0 Å². The molecule has 1 unspecified atom stereocenters. The number of hydrogen-bond donors (Lipinski definition) is 1. The molecule has 0 aromatic carbocycles. The lowest BCUT2D eigenvalue weighted by atomic mass is 9.44. The third-order valence-corrected chi connectivity index (χ3v) is 10.6. The van der Waals surface area contributed by atoms with Gasteiger partial charge < -0.3 is 5.32 Å². The average Bonchev–Trinajstić information content (AvgIpc) is 3.02. The van der Waals surface area contributed by atoms with E-state index in [-0.39, 0.29) is 11.9 Å². The van der Waals surface area contributed by atoms with E-state index < -0.39 is 0 Å². The van der Waals surface area contributed by atoms with Gasteiger partial charge in [0.25, 0.3) is 0 Å². The zero-order valence-corrected chi connectivity index (χ0v) is 19.9. The highest BCUT2D eigenvalue weighted by Crippen LogP contribution is 2.68. The maximum absolute atomic E-state index is 12.2. The first-order valence-electron chi connectivity index (χ1n) is 13.0. The van der Waals surface area contributed by atoms with Gasteiger partial charge in [-0.2, -0.15) is 0 Å². The first-order valence-corrected chi connectivity index (χ1v) is 13.0. The Kier molecular flexibility index (Phi) is 6.13. The highest BCUT2D eigenvalue weighted by Gasteiger charge is 2.60. The van der Waals surface area contributed by atoms with E-state index >= 15 is 0 Å².